The first kappa shape index (κ1) is 14.1. The second-order valence-corrected chi connectivity index (χ2v) is 7.80. The Balaban J connectivity index is 2.24. The molecule has 19 heavy (non-hydrogen) atoms. The molecule has 0 atom stereocenters. The van der Waals surface area contributed by atoms with Crippen molar-refractivity contribution in [3.63, 3.8) is 0 Å². The van der Waals surface area contributed by atoms with Crippen molar-refractivity contribution >= 4 is 39.1 Å². The molecule has 1 aromatic carbocycles. The molecule has 0 saturated carbocycles. The van der Waals surface area contributed by atoms with Crippen LogP contribution < -0.4 is 5.14 Å². The second-order valence-electron chi connectivity index (χ2n) is 3.55. The van der Waals surface area contributed by atoms with Crippen LogP contribution in [0.25, 0.3) is 0 Å². The van der Waals surface area contributed by atoms with Gasteiger partial charge in [-0.3, -0.25) is 0 Å². The number of benzene rings is 1. The number of carboxylic acids is 1. The van der Waals surface area contributed by atoms with Crippen molar-refractivity contribution in [1.29, 1.82) is 0 Å². The number of carbonyl (C=O) groups is 1. The molecule has 5 nitrogen and oxygen atoms in total. The SMILES string of the molecule is NS(=O)(=O)c1ccc(Sc2cccc(C(=O)O)c2)s1. The molecule has 1 heterocycles. The first-order valence-electron chi connectivity index (χ1n) is 5.00. The molecule has 0 aliphatic carbocycles. The van der Waals surface area contributed by atoms with E-state index < -0.39 is 16.0 Å². The molecule has 1 aromatic heterocycles. The number of hydrogen-bond acceptors (Lipinski definition) is 5. The van der Waals surface area contributed by atoms with Gasteiger partial charge in [-0.15, -0.1) is 11.3 Å². The highest BCUT2D eigenvalue weighted by molar-refractivity contribution is 8.01. The summed E-state index contributed by atoms with van der Waals surface area (Å²) in [6.45, 7) is 0. The number of aromatic carboxylic acids is 1. The standard InChI is InChI=1S/C11H9NO4S3/c12-19(15,16)10-5-4-9(18-10)17-8-3-1-2-7(6-8)11(13)14/h1-6H,(H,13,14)(H2,12,15,16). The molecule has 8 heteroatoms. The number of hydrogen-bond donors (Lipinski definition) is 2. The van der Waals surface area contributed by atoms with Gasteiger partial charge in [-0.1, -0.05) is 17.8 Å². The van der Waals surface area contributed by atoms with Gasteiger partial charge in [0.05, 0.1) is 9.77 Å². The maximum Gasteiger partial charge on any atom is 0.335 e. The Labute approximate surface area is 118 Å². The maximum atomic E-state index is 11.1. The van der Waals surface area contributed by atoms with E-state index in [1.165, 1.54) is 30.0 Å². The zero-order valence-electron chi connectivity index (χ0n) is 9.44. The van der Waals surface area contributed by atoms with Crippen molar-refractivity contribution in [2.45, 2.75) is 13.3 Å². The molecule has 0 amide bonds. The van der Waals surface area contributed by atoms with Crippen LogP contribution in [-0.4, -0.2) is 19.5 Å². The number of nitrogens with two attached hydrogens (primary N) is 1. The Morgan fingerprint density at radius 1 is 1.26 bits per heavy atom. The lowest BCUT2D eigenvalue weighted by atomic mass is 10.2. The molecule has 2 rings (SSSR count). The molecule has 0 saturated heterocycles. The minimum Gasteiger partial charge on any atom is -0.478 e. The molecular formula is C11H9NO4S3. The average Bonchev–Trinajstić information content (AvgIpc) is 2.77. The van der Waals surface area contributed by atoms with Crippen molar-refractivity contribution in [2.75, 3.05) is 0 Å². The molecule has 100 valence electrons. The van der Waals surface area contributed by atoms with Gasteiger partial charge in [0.2, 0.25) is 10.0 Å². The molecule has 0 bridgehead atoms. The van der Waals surface area contributed by atoms with Crippen LogP contribution in [0.3, 0.4) is 0 Å². The smallest absolute Gasteiger partial charge is 0.335 e. The Kier molecular flexibility index (Phi) is 3.95. The summed E-state index contributed by atoms with van der Waals surface area (Å²) >= 11 is 2.34. The fourth-order valence-electron chi connectivity index (χ4n) is 1.32. The lowest BCUT2D eigenvalue weighted by Gasteiger charge is -2.00. The fraction of sp³-hybridized carbons (Fsp3) is 0. The first-order chi connectivity index (χ1) is 8.86. The van der Waals surface area contributed by atoms with E-state index in [1.807, 2.05) is 0 Å². The fourth-order valence-corrected chi connectivity index (χ4v) is 4.37. The van der Waals surface area contributed by atoms with E-state index in [0.717, 1.165) is 20.4 Å². The molecule has 0 fully saturated rings. The van der Waals surface area contributed by atoms with Gasteiger partial charge in [-0.25, -0.2) is 18.4 Å². The number of rotatable bonds is 4. The predicted octanol–water partition coefficient (Wildman–Crippen LogP) is 2.24. The first-order valence-corrected chi connectivity index (χ1v) is 8.18. The van der Waals surface area contributed by atoms with Crippen LogP contribution in [0.4, 0.5) is 0 Å². The van der Waals surface area contributed by atoms with Gasteiger partial charge in [0.1, 0.15) is 4.21 Å². The summed E-state index contributed by atoms with van der Waals surface area (Å²) in [5, 5.41) is 13.9. The highest BCUT2D eigenvalue weighted by Crippen LogP contribution is 2.34. The van der Waals surface area contributed by atoms with Crippen LogP contribution >= 0.6 is 23.1 Å². The zero-order valence-corrected chi connectivity index (χ0v) is 11.9. The highest BCUT2D eigenvalue weighted by Gasteiger charge is 2.12. The minimum absolute atomic E-state index is 0.0874. The Hall–Kier alpha value is -1.35. The predicted molar refractivity (Wildman–Crippen MR) is 73.2 cm³/mol. The van der Waals surface area contributed by atoms with E-state index in [0.29, 0.717) is 0 Å². The number of sulfonamides is 1. The number of thiophene rings is 1. The molecule has 0 spiro atoms. The number of carboxylic acid groups (broad SMARTS) is 1. The normalized spacial score (nSPS) is 11.4. The minimum atomic E-state index is -3.68. The van der Waals surface area contributed by atoms with Crippen molar-refractivity contribution < 1.29 is 18.3 Å². The topological polar surface area (TPSA) is 97.5 Å². The van der Waals surface area contributed by atoms with Gasteiger partial charge >= 0.3 is 5.97 Å². The highest BCUT2D eigenvalue weighted by atomic mass is 32.3. The summed E-state index contributed by atoms with van der Waals surface area (Å²) in [6.07, 6.45) is 0. The monoisotopic (exact) mass is 315 g/mol. The molecule has 0 unspecified atom stereocenters. The van der Waals surface area contributed by atoms with E-state index in [1.54, 1.807) is 18.2 Å². The van der Waals surface area contributed by atoms with Crippen LogP contribution in [0, 0.1) is 0 Å². The third kappa shape index (κ3) is 3.57. The Morgan fingerprint density at radius 3 is 2.58 bits per heavy atom. The summed E-state index contributed by atoms with van der Waals surface area (Å²) < 4.78 is 23.1. The quantitative estimate of drug-likeness (QED) is 0.901. The molecule has 0 aliphatic heterocycles. The van der Waals surface area contributed by atoms with Crippen molar-refractivity contribution in [3.05, 3.63) is 42.0 Å². The van der Waals surface area contributed by atoms with Gasteiger partial charge in [-0.05, 0) is 30.3 Å². The summed E-state index contributed by atoms with van der Waals surface area (Å²) in [4.78, 5) is 11.6. The number of primary sulfonamides is 1. The summed E-state index contributed by atoms with van der Waals surface area (Å²) in [6, 6.07) is 9.50. The maximum absolute atomic E-state index is 11.1. The zero-order chi connectivity index (χ0) is 14.0. The summed E-state index contributed by atoms with van der Waals surface area (Å²) in [5.41, 5.74) is 0.188. The van der Waals surface area contributed by atoms with Crippen molar-refractivity contribution in [1.82, 2.24) is 0 Å². The average molecular weight is 315 g/mol. The molecule has 0 aliphatic rings. The van der Waals surface area contributed by atoms with Crippen LogP contribution in [-0.2, 0) is 10.0 Å². The summed E-state index contributed by atoms with van der Waals surface area (Å²) in [5.74, 6) is -1.00. The van der Waals surface area contributed by atoms with Crippen LogP contribution in [0.1, 0.15) is 10.4 Å². The largest absolute Gasteiger partial charge is 0.478 e. The van der Waals surface area contributed by atoms with Gasteiger partial charge in [0, 0.05) is 4.90 Å². The van der Waals surface area contributed by atoms with Crippen molar-refractivity contribution in [3.8, 4) is 0 Å². The van der Waals surface area contributed by atoms with E-state index in [-0.39, 0.29) is 9.77 Å². The third-order valence-corrected chi connectivity index (χ3v) is 5.78. The van der Waals surface area contributed by atoms with Crippen LogP contribution in [0.15, 0.2) is 49.7 Å². The molecule has 2 aromatic rings. The van der Waals surface area contributed by atoms with Crippen molar-refractivity contribution in [2.24, 2.45) is 5.14 Å². The Morgan fingerprint density at radius 2 is 2.00 bits per heavy atom. The Bertz CT molecular complexity index is 721. The van der Waals surface area contributed by atoms with Gasteiger partial charge in [0.25, 0.3) is 0 Å². The van der Waals surface area contributed by atoms with Crippen LogP contribution in [0.5, 0.6) is 0 Å². The summed E-state index contributed by atoms with van der Waals surface area (Å²) in [7, 11) is -3.68. The van der Waals surface area contributed by atoms with E-state index in [4.69, 9.17) is 10.2 Å². The molecule has 0 radical (unpaired) electrons. The van der Waals surface area contributed by atoms with E-state index >= 15 is 0 Å². The van der Waals surface area contributed by atoms with Gasteiger partial charge in [-0.2, -0.15) is 0 Å². The second kappa shape index (κ2) is 5.33. The third-order valence-electron chi connectivity index (χ3n) is 2.14. The van der Waals surface area contributed by atoms with Gasteiger partial charge < -0.3 is 5.11 Å². The van der Waals surface area contributed by atoms with E-state index in [2.05, 4.69) is 0 Å². The van der Waals surface area contributed by atoms with E-state index in [9.17, 15) is 13.2 Å². The molecular weight excluding hydrogens is 306 g/mol. The lowest BCUT2D eigenvalue weighted by molar-refractivity contribution is 0.0696. The molecule has 3 N–H and O–H groups in total. The van der Waals surface area contributed by atoms with Gasteiger partial charge in [0.15, 0.2) is 0 Å². The van der Waals surface area contributed by atoms with Crippen LogP contribution in [0.2, 0.25) is 0 Å². The lowest BCUT2D eigenvalue weighted by Crippen LogP contribution is -2.09.